The van der Waals surface area contributed by atoms with Crippen molar-refractivity contribution in [3.05, 3.63) is 35.4 Å². The summed E-state index contributed by atoms with van der Waals surface area (Å²) in [5, 5.41) is 0.0169. The Morgan fingerprint density at radius 2 is 1.56 bits per heavy atom. The number of rotatable bonds is 3. The minimum Gasteiger partial charge on any atom is -0.410 e. The van der Waals surface area contributed by atoms with Crippen LogP contribution >= 0.6 is 0 Å². The SMILES string of the molecule is CC(O[Si](C)(C)C(C)(C)C)c1c(F)cccc1F. The van der Waals surface area contributed by atoms with Crippen molar-refractivity contribution >= 4 is 8.32 Å². The van der Waals surface area contributed by atoms with Crippen LogP contribution in [0.2, 0.25) is 18.1 Å². The minimum atomic E-state index is -2.03. The van der Waals surface area contributed by atoms with Crippen LogP contribution in [0.3, 0.4) is 0 Å². The van der Waals surface area contributed by atoms with Crippen molar-refractivity contribution in [1.29, 1.82) is 0 Å². The van der Waals surface area contributed by atoms with Crippen molar-refractivity contribution in [3.8, 4) is 0 Å². The predicted octanol–water partition coefficient (Wildman–Crippen LogP) is 5.05. The lowest BCUT2D eigenvalue weighted by Crippen LogP contribution is -2.41. The fourth-order valence-corrected chi connectivity index (χ4v) is 2.93. The Bertz CT molecular complexity index is 404. The second kappa shape index (κ2) is 5.09. The third kappa shape index (κ3) is 3.17. The van der Waals surface area contributed by atoms with E-state index in [9.17, 15) is 8.78 Å². The van der Waals surface area contributed by atoms with E-state index in [1.807, 2.05) is 0 Å². The Labute approximate surface area is 109 Å². The van der Waals surface area contributed by atoms with Crippen molar-refractivity contribution in [2.45, 2.75) is 51.9 Å². The molecule has 0 spiro atoms. The Kier molecular flexibility index (Phi) is 4.33. The highest BCUT2D eigenvalue weighted by molar-refractivity contribution is 6.74. The molecule has 0 bridgehead atoms. The van der Waals surface area contributed by atoms with Gasteiger partial charge in [0, 0.05) is 0 Å². The quantitative estimate of drug-likeness (QED) is 0.700. The molecule has 0 aromatic heterocycles. The first-order chi connectivity index (χ1) is 8.06. The molecule has 1 aromatic carbocycles. The van der Waals surface area contributed by atoms with Crippen LogP contribution in [0.25, 0.3) is 0 Å². The third-order valence-corrected chi connectivity index (χ3v) is 8.24. The molecule has 1 rings (SSSR count). The molecule has 1 unspecified atom stereocenters. The van der Waals surface area contributed by atoms with Gasteiger partial charge in [-0.2, -0.15) is 0 Å². The van der Waals surface area contributed by atoms with Gasteiger partial charge >= 0.3 is 0 Å². The maximum Gasteiger partial charge on any atom is 0.192 e. The molecule has 18 heavy (non-hydrogen) atoms. The maximum atomic E-state index is 13.7. The molecule has 0 heterocycles. The first-order valence-electron chi connectivity index (χ1n) is 6.18. The molecule has 0 saturated carbocycles. The highest BCUT2D eigenvalue weighted by Gasteiger charge is 2.39. The monoisotopic (exact) mass is 272 g/mol. The minimum absolute atomic E-state index is 0.0169. The standard InChI is InChI=1S/C14H22F2OSi/c1-10(17-18(5,6)14(2,3)4)13-11(15)8-7-9-12(13)16/h7-10H,1-6H3. The van der Waals surface area contributed by atoms with Gasteiger partial charge < -0.3 is 4.43 Å². The van der Waals surface area contributed by atoms with Crippen LogP contribution in [-0.4, -0.2) is 8.32 Å². The molecule has 0 fully saturated rings. The van der Waals surface area contributed by atoms with Crippen LogP contribution in [-0.2, 0) is 4.43 Å². The topological polar surface area (TPSA) is 9.23 Å². The summed E-state index contributed by atoms with van der Waals surface area (Å²) in [6.07, 6.45) is -0.563. The number of hydrogen-bond donors (Lipinski definition) is 0. The smallest absolute Gasteiger partial charge is 0.192 e. The molecule has 0 N–H and O–H groups in total. The van der Waals surface area contributed by atoms with Crippen molar-refractivity contribution in [2.75, 3.05) is 0 Å². The van der Waals surface area contributed by atoms with Gasteiger partial charge in [0.1, 0.15) is 11.6 Å². The Morgan fingerprint density at radius 3 is 1.94 bits per heavy atom. The molecule has 0 aliphatic carbocycles. The molecule has 4 heteroatoms. The van der Waals surface area contributed by atoms with E-state index in [0.717, 1.165) is 0 Å². The normalized spacial score (nSPS) is 14.7. The van der Waals surface area contributed by atoms with Crippen molar-refractivity contribution in [1.82, 2.24) is 0 Å². The summed E-state index contributed by atoms with van der Waals surface area (Å²) in [6.45, 7) is 12.2. The van der Waals surface area contributed by atoms with Crippen LogP contribution < -0.4 is 0 Å². The molecule has 1 aromatic rings. The lowest BCUT2D eigenvalue weighted by Gasteiger charge is -2.38. The van der Waals surface area contributed by atoms with E-state index >= 15 is 0 Å². The molecule has 1 nitrogen and oxygen atoms in total. The lowest BCUT2D eigenvalue weighted by molar-refractivity contribution is 0.193. The fraction of sp³-hybridized carbons (Fsp3) is 0.571. The molecule has 1 atom stereocenters. The Balaban J connectivity index is 3.00. The lowest BCUT2D eigenvalue weighted by atomic mass is 10.1. The highest BCUT2D eigenvalue weighted by Crippen LogP contribution is 2.40. The first-order valence-corrected chi connectivity index (χ1v) is 9.09. The van der Waals surface area contributed by atoms with Crippen LogP contribution in [0.1, 0.15) is 39.4 Å². The van der Waals surface area contributed by atoms with Crippen molar-refractivity contribution in [3.63, 3.8) is 0 Å². The first kappa shape index (κ1) is 15.3. The van der Waals surface area contributed by atoms with Gasteiger partial charge in [0.05, 0.1) is 11.7 Å². The average molecular weight is 272 g/mol. The van der Waals surface area contributed by atoms with E-state index in [0.29, 0.717) is 0 Å². The molecular weight excluding hydrogens is 250 g/mol. The molecule has 0 saturated heterocycles. The zero-order valence-electron chi connectivity index (χ0n) is 12.0. The van der Waals surface area contributed by atoms with E-state index in [1.54, 1.807) is 6.92 Å². The van der Waals surface area contributed by atoms with E-state index in [1.165, 1.54) is 18.2 Å². The van der Waals surface area contributed by atoms with Gasteiger partial charge in [0.25, 0.3) is 0 Å². The molecule has 0 amide bonds. The van der Waals surface area contributed by atoms with Gasteiger partial charge in [0.2, 0.25) is 0 Å². The summed E-state index contributed by atoms with van der Waals surface area (Å²) in [6, 6.07) is 3.90. The average Bonchev–Trinajstić information content (AvgIpc) is 2.14. The van der Waals surface area contributed by atoms with Gasteiger partial charge in [-0.05, 0) is 37.2 Å². The number of halogens is 2. The van der Waals surface area contributed by atoms with Crippen LogP contribution in [0.15, 0.2) is 18.2 Å². The largest absolute Gasteiger partial charge is 0.410 e. The maximum absolute atomic E-state index is 13.7. The second-order valence-corrected chi connectivity index (χ2v) is 10.9. The Morgan fingerprint density at radius 1 is 1.11 bits per heavy atom. The zero-order valence-corrected chi connectivity index (χ0v) is 13.0. The third-order valence-electron chi connectivity index (χ3n) is 3.68. The van der Waals surface area contributed by atoms with Crippen LogP contribution in [0, 0.1) is 11.6 Å². The van der Waals surface area contributed by atoms with Gasteiger partial charge in [-0.25, -0.2) is 8.78 Å². The van der Waals surface area contributed by atoms with E-state index in [-0.39, 0.29) is 10.6 Å². The number of hydrogen-bond acceptors (Lipinski definition) is 1. The molecule has 102 valence electrons. The van der Waals surface area contributed by atoms with Gasteiger partial charge in [0.15, 0.2) is 8.32 Å². The summed E-state index contributed by atoms with van der Waals surface area (Å²) >= 11 is 0. The second-order valence-electron chi connectivity index (χ2n) is 6.16. The summed E-state index contributed by atoms with van der Waals surface area (Å²) in [5.74, 6) is -1.08. The zero-order chi connectivity index (χ0) is 14.1. The van der Waals surface area contributed by atoms with Gasteiger partial charge in [-0.15, -0.1) is 0 Å². The molecular formula is C14H22F2OSi. The summed E-state index contributed by atoms with van der Waals surface area (Å²) in [5.41, 5.74) is 0.0299. The van der Waals surface area contributed by atoms with Gasteiger partial charge in [-0.3, -0.25) is 0 Å². The molecule has 0 radical (unpaired) electrons. The summed E-state index contributed by atoms with van der Waals surface area (Å²) < 4.78 is 33.3. The predicted molar refractivity (Wildman–Crippen MR) is 73.1 cm³/mol. The highest BCUT2D eigenvalue weighted by atomic mass is 28.4. The van der Waals surface area contributed by atoms with Gasteiger partial charge in [-0.1, -0.05) is 26.8 Å². The van der Waals surface area contributed by atoms with Crippen molar-refractivity contribution < 1.29 is 13.2 Å². The fourth-order valence-electron chi connectivity index (χ4n) is 1.58. The number of benzene rings is 1. The summed E-state index contributed by atoms with van der Waals surface area (Å²) in [4.78, 5) is 0. The van der Waals surface area contributed by atoms with E-state index in [2.05, 4.69) is 33.9 Å². The van der Waals surface area contributed by atoms with Crippen LogP contribution in [0.5, 0.6) is 0 Å². The van der Waals surface area contributed by atoms with Crippen molar-refractivity contribution in [2.24, 2.45) is 0 Å². The summed E-state index contributed by atoms with van der Waals surface area (Å²) in [7, 11) is -2.03. The molecule has 0 aliphatic rings. The molecule has 0 aliphatic heterocycles. The van der Waals surface area contributed by atoms with E-state index < -0.39 is 26.1 Å². The Hall–Kier alpha value is -0.743. The van der Waals surface area contributed by atoms with E-state index in [4.69, 9.17) is 4.43 Å². The van der Waals surface area contributed by atoms with Crippen LogP contribution in [0.4, 0.5) is 8.78 Å².